The topological polar surface area (TPSA) is 68.1 Å². The van der Waals surface area contributed by atoms with Crippen molar-refractivity contribution in [3.63, 3.8) is 0 Å². The minimum absolute atomic E-state index is 0.100. The van der Waals surface area contributed by atoms with E-state index < -0.39 is 6.95 Å². The lowest BCUT2D eigenvalue weighted by Crippen LogP contribution is -2.50. The summed E-state index contributed by atoms with van der Waals surface area (Å²) in [6, 6.07) is 0. The van der Waals surface area contributed by atoms with Gasteiger partial charge in [-0.05, 0) is 68.4 Å². The van der Waals surface area contributed by atoms with Gasteiger partial charge >= 0.3 is 6.95 Å². The van der Waals surface area contributed by atoms with Gasteiger partial charge in [-0.25, -0.2) is 4.57 Å². The quantitative estimate of drug-likeness (QED) is 0.369. The number of nitrogens with zero attached hydrogens (tertiary/aromatic N) is 1. The number of hydrogen-bond donors (Lipinski definition) is 1. The number of halogens is 1. The number of hydrogen-bond acceptors (Lipinski definition) is 4. The van der Waals surface area contributed by atoms with Crippen molar-refractivity contribution in [1.82, 2.24) is 0 Å². The molecule has 0 aromatic carbocycles. The van der Waals surface area contributed by atoms with Crippen LogP contribution in [-0.2, 0) is 13.9 Å². The molecule has 0 heterocycles. The molecule has 0 spiro atoms. The molecular weight excluding hydrogens is 301 g/mol. The maximum Gasteiger partial charge on any atom is 0.494 e. The van der Waals surface area contributed by atoms with Gasteiger partial charge in [0, 0.05) is 11.2 Å². The molecule has 0 saturated heterocycles. The van der Waals surface area contributed by atoms with E-state index in [1.54, 1.807) is 0 Å². The van der Waals surface area contributed by atoms with E-state index in [0.29, 0.717) is 12.5 Å². The van der Waals surface area contributed by atoms with Crippen molar-refractivity contribution in [2.75, 3.05) is 6.61 Å². The van der Waals surface area contributed by atoms with Crippen molar-refractivity contribution in [2.45, 2.75) is 45.4 Å². The average Bonchev–Trinajstić information content (AvgIpc) is 2.31. The number of rotatable bonds is 4. The van der Waals surface area contributed by atoms with Gasteiger partial charge in [-0.1, -0.05) is 0 Å². The van der Waals surface area contributed by atoms with Crippen LogP contribution in [0.1, 0.15) is 45.4 Å². The van der Waals surface area contributed by atoms with Crippen LogP contribution in [0.25, 0.3) is 0 Å². The molecule has 4 fully saturated rings. The van der Waals surface area contributed by atoms with Gasteiger partial charge < -0.3 is 9.63 Å². The molecule has 1 atom stereocenters. The van der Waals surface area contributed by atoms with Gasteiger partial charge in [0.2, 0.25) is 5.90 Å². The smallest absolute Gasteiger partial charge is 0.479 e. The van der Waals surface area contributed by atoms with E-state index in [9.17, 15) is 4.57 Å². The molecule has 0 aliphatic heterocycles. The minimum atomic E-state index is -4.13. The van der Waals surface area contributed by atoms with Gasteiger partial charge in [0.05, 0.1) is 12.0 Å². The SMILES string of the molecule is CCOC(=NOP(=O)(O)Cl)C12CC3CC(CC(C3)C1)C2. The normalized spacial score (nSPS) is 42.4. The van der Waals surface area contributed by atoms with E-state index in [4.69, 9.17) is 20.9 Å². The standard InChI is InChI=1S/C13H21ClNO4P/c1-2-18-12(15-19-20(14,16)17)13-6-9-3-10(7-13)5-11(4-9)8-13/h9-11H,2-8H2,1H3,(H,16,17). The Morgan fingerprint density at radius 2 is 1.80 bits per heavy atom. The second-order valence-electron chi connectivity index (χ2n) is 6.56. The molecular formula is C13H21ClNO4P. The van der Waals surface area contributed by atoms with Crippen LogP contribution in [0.15, 0.2) is 5.16 Å². The monoisotopic (exact) mass is 321 g/mol. The predicted octanol–water partition coefficient (Wildman–Crippen LogP) is 3.91. The summed E-state index contributed by atoms with van der Waals surface area (Å²) in [4.78, 5) is 9.05. The highest BCUT2D eigenvalue weighted by molar-refractivity contribution is 7.80. The largest absolute Gasteiger partial charge is 0.494 e. The highest BCUT2D eigenvalue weighted by Gasteiger charge is 2.54. The fourth-order valence-electron chi connectivity index (χ4n) is 4.87. The summed E-state index contributed by atoms with van der Waals surface area (Å²) in [5.74, 6) is 2.70. The maximum atomic E-state index is 11.1. The Hall–Kier alpha value is -0.250. The molecule has 4 saturated carbocycles. The van der Waals surface area contributed by atoms with Crippen LogP contribution in [0.3, 0.4) is 0 Å². The fraction of sp³-hybridized carbons (Fsp3) is 0.923. The Morgan fingerprint density at radius 3 is 2.20 bits per heavy atom. The van der Waals surface area contributed by atoms with Crippen LogP contribution in [-0.4, -0.2) is 17.4 Å². The first-order chi connectivity index (χ1) is 9.40. The van der Waals surface area contributed by atoms with Crippen molar-refractivity contribution < 1.29 is 18.8 Å². The van der Waals surface area contributed by atoms with Gasteiger partial charge in [0.25, 0.3) is 0 Å². The third kappa shape index (κ3) is 2.86. The lowest BCUT2D eigenvalue weighted by molar-refractivity contribution is -0.0263. The van der Waals surface area contributed by atoms with E-state index in [1.165, 1.54) is 19.3 Å². The van der Waals surface area contributed by atoms with Crippen LogP contribution in [0, 0.1) is 23.2 Å². The van der Waals surface area contributed by atoms with Crippen molar-refractivity contribution in [1.29, 1.82) is 0 Å². The summed E-state index contributed by atoms with van der Waals surface area (Å²) in [6.07, 6.45) is 7.10. The first-order valence-electron chi connectivity index (χ1n) is 7.33. The van der Waals surface area contributed by atoms with Gasteiger partial charge in [0.1, 0.15) is 0 Å². The van der Waals surface area contributed by atoms with E-state index in [0.717, 1.165) is 37.0 Å². The Morgan fingerprint density at radius 1 is 1.30 bits per heavy atom. The van der Waals surface area contributed by atoms with Crippen LogP contribution >= 0.6 is 18.2 Å². The Balaban J connectivity index is 1.85. The summed E-state index contributed by atoms with van der Waals surface area (Å²) < 4.78 is 21.3. The molecule has 0 amide bonds. The van der Waals surface area contributed by atoms with E-state index in [-0.39, 0.29) is 5.41 Å². The Kier molecular flexibility index (Phi) is 3.81. The molecule has 0 aromatic heterocycles. The third-order valence-corrected chi connectivity index (χ3v) is 5.47. The lowest BCUT2D eigenvalue weighted by Gasteiger charge is -2.56. The van der Waals surface area contributed by atoms with E-state index >= 15 is 0 Å². The van der Waals surface area contributed by atoms with Gasteiger partial charge in [-0.2, -0.15) is 0 Å². The molecule has 114 valence electrons. The summed E-state index contributed by atoms with van der Waals surface area (Å²) in [7, 11) is 0. The minimum Gasteiger partial charge on any atom is -0.479 e. The summed E-state index contributed by atoms with van der Waals surface area (Å²) in [5.41, 5.74) is -0.100. The van der Waals surface area contributed by atoms with Crippen LogP contribution in [0.4, 0.5) is 0 Å². The van der Waals surface area contributed by atoms with Crippen molar-refractivity contribution in [2.24, 2.45) is 28.3 Å². The highest BCUT2D eigenvalue weighted by Crippen LogP contribution is 2.61. The average molecular weight is 322 g/mol. The Bertz CT molecular complexity index is 426. The molecule has 4 aliphatic rings. The molecule has 0 aromatic rings. The van der Waals surface area contributed by atoms with Gasteiger partial charge in [0.15, 0.2) is 0 Å². The second kappa shape index (κ2) is 5.19. The van der Waals surface area contributed by atoms with E-state index in [1.807, 2.05) is 6.92 Å². The predicted molar refractivity (Wildman–Crippen MR) is 76.4 cm³/mol. The Labute approximate surface area is 124 Å². The van der Waals surface area contributed by atoms with Crippen molar-refractivity contribution in [3.8, 4) is 0 Å². The first-order valence-corrected chi connectivity index (χ1v) is 9.81. The zero-order valence-corrected chi connectivity index (χ0v) is 13.3. The van der Waals surface area contributed by atoms with Crippen LogP contribution in [0.5, 0.6) is 0 Å². The lowest BCUT2D eigenvalue weighted by atomic mass is 9.49. The zero-order valence-electron chi connectivity index (χ0n) is 11.6. The van der Waals surface area contributed by atoms with Gasteiger partial charge in [-0.3, -0.25) is 4.62 Å². The molecule has 1 N–H and O–H groups in total. The molecule has 1 unspecified atom stereocenters. The molecule has 4 bridgehead atoms. The second-order valence-corrected chi connectivity index (χ2v) is 8.91. The van der Waals surface area contributed by atoms with Crippen LogP contribution in [0.2, 0.25) is 0 Å². The number of oxime groups is 1. The fourth-order valence-corrected chi connectivity index (χ4v) is 5.14. The highest BCUT2D eigenvalue weighted by atomic mass is 35.7. The van der Waals surface area contributed by atoms with Crippen molar-refractivity contribution in [3.05, 3.63) is 0 Å². The van der Waals surface area contributed by atoms with Gasteiger partial charge in [-0.15, -0.1) is 0 Å². The maximum absolute atomic E-state index is 11.1. The van der Waals surface area contributed by atoms with E-state index in [2.05, 4.69) is 9.78 Å². The molecule has 4 aliphatic carbocycles. The third-order valence-electron chi connectivity index (χ3n) is 5.00. The zero-order chi connectivity index (χ0) is 14.4. The van der Waals surface area contributed by atoms with Crippen molar-refractivity contribution >= 4 is 24.1 Å². The molecule has 7 heteroatoms. The number of ether oxygens (including phenoxy) is 1. The first kappa shape index (κ1) is 14.7. The molecule has 5 nitrogen and oxygen atoms in total. The molecule has 0 radical (unpaired) electrons. The molecule has 20 heavy (non-hydrogen) atoms. The summed E-state index contributed by atoms with van der Waals surface area (Å²) in [6.45, 7) is -1.77. The molecule has 4 rings (SSSR count). The van der Waals surface area contributed by atoms with Crippen LogP contribution < -0.4 is 0 Å². The summed E-state index contributed by atoms with van der Waals surface area (Å²) >= 11 is 5.21. The summed E-state index contributed by atoms with van der Waals surface area (Å²) in [5, 5.41) is 3.82.